The molecule has 3 fully saturated rings. The van der Waals surface area contributed by atoms with E-state index in [0.29, 0.717) is 24.2 Å². The molecule has 0 spiro atoms. The Morgan fingerprint density at radius 1 is 0.911 bits per heavy atom. The van der Waals surface area contributed by atoms with Gasteiger partial charge < -0.3 is 29.3 Å². The molecule has 3 aliphatic carbocycles. The molecular weight excluding hydrogens is 714 g/mol. The molecule has 11 nitrogen and oxygen atoms in total. The van der Waals surface area contributed by atoms with E-state index in [9.17, 15) is 19.5 Å². The largest absolute Gasteiger partial charge is 0.461 e. The number of nitrogens with one attached hydrogen (secondary N) is 1. The zero-order valence-electron chi connectivity index (χ0n) is 34.6. The highest BCUT2D eigenvalue weighted by atomic mass is 16.6. The number of rotatable bonds is 9. The second-order valence-corrected chi connectivity index (χ2v) is 17.1. The molecule has 306 valence electrons. The second kappa shape index (κ2) is 16.5. The molecule has 2 aromatic rings. The average Bonchev–Trinajstić information content (AvgIpc) is 3.17. The molecule has 2 aromatic carbocycles. The number of carbonyl (C=O) groups is 4. The van der Waals surface area contributed by atoms with Crippen LogP contribution in [0.2, 0.25) is 0 Å². The summed E-state index contributed by atoms with van der Waals surface area (Å²) >= 11 is 0. The van der Waals surface area contributed by atoms with E-state index < -0.39 is 75.8 Å². The van der Waals surface area contributed by atoms with Gasteiger partial charge in [-0.2, -0.15) is 0 Å². The molecule has 1 saturated heterocycles. The smallest absolute Gasteiger partial charge is 0.349 e. The number of esters is 3. The maximum Gasteiger partial charge on any atom is 0.349 e. The maximum atomic E-state index is 15.2. The van der Waals surface area contributed by atoms with Gasteiger partial charge in [-0.05, 0) is 48.0 Å². The molecule has 6 rings (SSSR count). The van der Waals surface area contributed by atoms with Gasteiger partial charge in [0, 0.05) is 49.5 Å². The fourth-order valence-corrected chi connectivity index (χ4v) is 11.0. The summed E-state index contributed by atoms with van der Waals surface area (Å²) in [5, 5.41) is 20.7. The van der Waals surface area contributed by atoms with Crippen LogP contribution in [-0.2, 0) is 38.1 Å². The van der Waals surface area contributed by atoms with Crippen molar-refractivity contribution in [2.24, 2.45) is 34.0 Å². The van der Waals surface area contributed by atoms with Gasteiger partial charge in [-0.1, -0.05) is 109 Å². The molecule has 3 N–H and O–H groups in total. The van der Waals surface area contributed by atoms with Crippen LogP contribution in [0, 0.1) is 34.0 Å². The van der Waals surface area contributed by atoms with Crippen LogP contribution in [0.3, 0.4) is 0 Å². The Hall–Kier alpha value is -3.90. The summed E-state index contributed by atoms with van der Waals surface area (Å²) in [5.41, 5.74) is 0.754. The molecule has 0 aromatic heterocycles. The first-order valence-electron chi connectivity index (χ1n) is 20.0. The normalized spacial score (nSPS) is 33.6. The third kappa shape index (κ3) is 7.14. The van der Waals surface area contributed by atoms with Crippen molar-refractivity contribution in [3.8, 4) is 0 Å². The van der Waals surface area contributed by atoms with E-state index in [-0.39, 0.29) is 37.1 Å². The van der Waals surface area contributed by atoms with Crippen molar-refractivity contribution in [2.75, 3.05) is 13.7 Å². The zero-order valence-corrected chi connectivity index (χ0v) is 34.6. The quantitative estimate of drug-likeness (QED) is 0.107. The lowest BCUT2D eigenvalue weighted by Crippen LogP contribution is -2.74. The summed E-state index contributed by atoms with van der Waals surface area (Å²) in [6.07, 6.45) is -2.49. The Balaban J connectivity index is 0.00000194. The SMILES string of the molecule is CCC(=O)O[C@H]1C[C@H]2OC[C@@]2(C)[C@H]2[C@H](C)[C@]3(O)C[C@H](OC(=O)[C@H](OC(=O)CC)C(c4ccccc4)c4ccccc4)C(C)=C([C@@H](C)C(=O)[C@]12C)C3(C)C.CNO. The number of carbonyl (C=O) groups excluding carboxylic acids is 4. The number of hydrogen-bond acceptors (Lipinski definition) is 11. The van der Waals surface area contributed by atoms with Crippen molar-refractivity contribution in [2.45, 2.75) is 124 Å². The van der Waals surface area contributed by atoms with Gasteiger partial charge in [-0.25, -0.2) is 10.3 Å². The van der Waals surface area contributed by atoms with Crippen LogP contribution < -0.4 is 5.48 Å². The number of Topliss-reactive ketones (excluding diaryl/α,β-unsaturated/α-hetero) is 1. The molecule has 2 bridgehead atoms. The van der Waals surface area contributed by atoms with E-state index in [1.54, 1.807) is 19.3 Å². The Morgan fingerprint density at radius 3 is 1.93 bits per heavy atom. The molecule has 1 heterocycles. The molecule has 4 aliphatic rings. The summed E-state index contributed by atoms with van der Waals surface area (Å²) in [7, 11) is 1.43. The molecule has 10 atom stereocenters. The van der Waals surface area contributed by atoms with Gasteiger partial charge in [-0.3, -0.25) is 14.4 Å². The van der Waals surface area contributed by atoms with Gasteiger partial charge in [0.05, 0.1) is 29.6 Å². The summed E-state index contributed by atoms with van der Waals surface area (Å²) in [6, 6.07) is 18.9. The first-order chi connectivity index (χ1) is 26.4. The minimum absolute atomic E-state index is 0.0609. The highest BCUT2D eigenvalue weighted by Crippen LogP contribution is 2.68. The minimum atomic E-state index is -1.47. The Kier molecular flexibility index (Phi) is 12.8. The monoisotopic (exact) mass is 775 g/mol. The average molecular weight is 776 g/mol. The lowest BCUT2D eigenvalue weighted by Gasteiger charge is -2.69. The van der Waals surface area contributed by atoms with E-state index in [1.807, 2.05) is 102 Å². The number of benzene rings is 2. The van der Waals surface area contributed by atoms with Gasteiger partial charge in [-0.15, -0.1) is 0 Å². The number of fused-ring (bicyclic) bond motifs is 5. The first-order valence-corrected chi connectivity index (χ1v) is 20.0. The Morgan fingerprint density at radius 2 is 1.45 bits per heavy atom. The van der Waals surface area contributed by atoms with Crippen LogP contribution in [0.5, 0.6) is 0 Å². The highest BCUT2D eigenvalue weighted by Gasteiger charge is 2.73. The summed E-state index contributed by atoms with van der Waals surface area (Å²) in [5.74, 6) is -4.01. The molecule has 56 heavy (non-hydrogen) atoms. The van der Waals surface area contributed by atoms with E-state index in [0.717, 1.165) is 11.1 Å². The van der Waals surface area contributed by atoms with Crippen LogP contribution in [0.1, 0.15) is 105 Å². The predicted molar refractivity (Wildman–Crippen MR) is 209 cm³/mol. The van der Waals surface area contributed by atoms with E-state index in [2.05, 4.69) is 6.92 Å². The first kappa shape index (κ1) is 43.2. The van der Waals surface area contributed by atoms with Crippen LogP contribution in [-0.4, -0.2) is 77.7 Å². The fourth-order valence-electron chi connectivity index (χ4n) is 11.0. The molecule has 1 aliphatic heterocycles. The number of hydroxylamine groups is 1. The fraction of sp³-hybridized carbons (Fsp3) is 0.600. The summed E-state index contributed by atoms with van der Waals surface area (Å²) < 4.78 is 24.6. The topological polar surface area (TPSA) is 158 Å². The summed E-state index contributed by atoms with van der Waals surface area (Å²) in [6.45, 7) is 17.6. The second-order valence-electron chi connectivity index (χ2n) is 17.1. The van der Waals surface area contributed by atoms with Gasteiger partial charge in [0.15, 0.2) is 0 Å². The van der Waals surface area contributed by atoms with Crippen LogP contribution in [0.25, 0.3) is 0 Å². The van der Waals surface area contributed by atoms with Gasteiger partial charge in [0.1, 0.15) is 18.0 Å². The lowest BCUT2D eigenvalue weighted by molar-refractivity contribution is -0.303. The summed E-state index contributed by atoms with van der Waals surface area (Å²) in [4.78, 5) is 55.6. The number of hydrogen-bond donors (Lipinski definition) is 3. The molecule has 11 heteroatoms. The highest BCUT2D eigenvalue weighted by molar-refractivity contribution is 5.91. The van der Waals surface area contributed by atoms with Crippen molar-refractivity contribution in [1.29, 1.82) is 0 Å². The van der Waals surface area contributed by atoms with Crippen molar-refractivity contribution >= 4 is 23.7 Å². The third-order valence-electron chi connectivity index (χ3n) is 13.8. The molecule has 0 amide bonds. The van der Waals surface area contributed by atoms with Gasteiger partial charge in [0.2, 0.25) is 6.10 Å². The number of ketones is 1. The van der Waals surface area contributed by atoms with E-state index in [1.165, 1.54) is 7.05 Å². The van der Waals surface area contributed by atoms with Gasteiger partial charge >= 0.3 is 17.9 Å². The van der Waals surface area contributed by atoms with Crippen molar-refractivity contribution in [3.63, 3.8) is 0 Å². The molecule has 2 saturated carbocycles. The third-order valence-corrected chi connectivity index (χ3v) is 13.8. The Bertz CT molecular complexity index is 1750. The minimum Gasteiger partial charge on any atom is -0.461 e. The van der Waals surface area contributed by atoms with Crippen LogP contribution >= 0.6 is 0 Å². The van der Waals surface area contributed by atoms with Gasteiger partial charge in [0.25, 0.3) is 0 Å². The van der Waals surface area contributed by atoms with E-state index in [4.69, 9.17) is 24.2 Å². The number of aliphatic hydroxyl groups is 1. The molecular formula is C45H61NO10. The predicted octanol–water partition coefficient (Wildman–Crippen LogP) is 6.73. The standard InChI is InChI=1S/C44H56O9.CH5NO/c1-10-33(45)52-32-22-31-42(8,24-50-31)38-27(5)44(49)23-30(25(3)36(41(44,6)7)26(4)39(47)43(32,38)9)51-40(48)37(53-34(46)11-2)35(28-18-14-12-15-19-28)29-20-16-13-17-21-29;1-2-3/h12-21,26-27,30-32,35,37-38,49H,10-11,22-24H2,1-9H3;2-3H,1H3/t26-,27+,30+,31-,32+,37-,38-,42-,43-,44-;/m1./s1. The van der Waals surface area contributed by atoms with Crippen LogP contribution in [0.15, 0.2) is 71.8 Å². The zero-order chi connectivity index (χ0) is 41.4. The van der Waals surface area contributed by atoms with Crippen molar-refractivity contribution in [3.05, 3.63) is 82.9 Å². The maximum absolute atomic E-state index is 15.2. The van der Waals surface area contributed by atoms with Crippen molar-refractivity contribution in [1.82, 2.24) is 5.48 Å². The van der Waals surface area contributed by atoms with E-state index >= 15 is 4.79 Å². The van der Waals surface area contributed by atoms with Crippen LogP contribution in [0.4, 0.5) is 0 Å². The Labute approximate surface area is 331 Å². The number of ether oxygens (including phenoxy) is 4. The van der Waals surface area contributed by atoms with Crippen molar-refractivity contribution < 1.29 is 48.4 Å². The lowest BCUT2D eigenvalue weighted by atomic mass is 9.40. The molecule has 0 unspecified atom stereocenters. The molecule has 0 radical (unpaired) electrons.